The highest BCUT2D eigenvalue weighted by atomic mass is 32.2. The van der Waals surface area contributed by atoms with Crippen molar-refractivity contribution in [3.63, 3.8) is 0 Å². The zero-order chi connectivity index (χ0) is 29.8. The van der Waals surface area contributed by atoms with Crippen molar-refractivity contribution in [3.05, 3.63) is 34.5 Å². The molecule has 3 aliphatic rings. The molecule has 0 aliphatic carbocycles. The van der Waals surface area contributed by atoms with Gasteiger partial charge >= 0.3 is 18.2 Å². The number of nitrogens with one attached hydrogen (secondary N) is 1. The number of nitrogens with zero attached hydrogens (tertiary/aromatic N) is 5. The Balaban J connectivity index is 1.63. The monoisotopic (exact) mass is 609 g/mol. The van der Waals surface area contributed by atoms with E-state index in [1.165, 1.54) is 24.3 Å². The summed E-state index contributed by atoms with van der Waals surface area (Å²) in [6.45, 7) is 3.21. The number of amides is 4. The summed E-state index contributed by atoms with van der Waals surface area (Å²) in [4.78, 5) is 74.2. The van der Waals surface area contributed by atoms with Crippen LogP contribution in [0, 0.1) is 0 Å². The van der Waals surface area contributed by atoms with Crippen LogP contribution in [0.25, 0.3) is 0 Å². The molecule has 0 bridgehead atoms. The number of hydrogen-bond donors (Lipinski definition) is 3. The van der Waals surface area contributed by atoms with Crippen LogP contribution in [0.4, 0.5) is 14.7 Å². The van der Waals surface area contributed by atoms with E-state index in [-0.39, 0.29) is 53.3 Å². The first-order valence-electron chi connectivity index (χ1n) is 12.3. The lowest BCUT2D eigenvalue weighted by Crippen LogP contribution is -2.71. The lowest BCUT2D eigenvalue weighted by Gasteiger charge is -2.51. The van der Waals surface area contributed by atoms with E-state index in [1.807, 2.05) is 0 Å². The van der Waals surface area contributed by atoms with Crippen LogP contribution in [0.3, 0.4) is 0 Å². The summed E-state index contributed by atoms with van der Waals surface area (Å²) in [5, 5.41) is 19.4. The largest absolute Gasteiger partial charge is 0.477 e. The van der Waals surface area contributed by atoms with Crippen molar-refractivity contribution in [2.45, 2.75) is 31.3 Å². The van der Waals surface area contributed by atoms with E-state index in [4.69, 9.17) is 20.0 Å². The maximum absolute atomic E-state index is 13.3. The normalized spacial score (nSPS) is 22.1. The van der Waals surface area contributed by atoms with Crippen molar-refractivity contribution in [2.75, 3.05) is 38.4 Å². The van der Waals surface area contributed by atoms with Gasteiger partial charge in [0.2, 0.25) is 0 Å². The van der Waals surface area contributed by atoms with Gasteiger partial charge in [-0.2, -0.15) is 0 Å². The van der Waals surface area contributed by atoms with Gasteiger partial charge in [-0.15, -0.1) is 23.1 Å². The predicted molar refractivity (Wildman–Crippen MR) is 145 cm³/mol. The Morgan fingerprint density at radius 1 is 1.22 bits per heavy atom. The summed E-state index contributed by atoms with van der Waals surface area (Å²) in [5.74, 6) is -2.83. The zero-order valence-electron chi connectivity index (χ0n) is 22.1. The maximum Gasteiger partial charge on any atom is 0.429 e. The quantitative estimate of drug-likeness (QED) is 0.160. The number of carboxylic acid groups (broad SMARTS) is 1. The standard InChI is InChI=1S/C23H27N7O9S2/c1-4-38-22(35)28-8-6-7-13(30(28)23(36)39-5-2)11-9-40-19-15(18(32)29(19)16(11)20(33)34)26-17(31)14(27-37-3)12-10-41-21(24)25-12/h6-7,10,13,15,19H,4-5,8-9H2,1-3H3,(H2,24,25)(H,26,31)(H,33,34)/b27-14-/t13?,15-,19-/m1/s1. The molecule has 1 fully saturated rings. The smallest absolute Gasteiger partial charge is 0.429 e. The van der Waals surface area contributed by atoms with E-state index >= 15 is 0 Å². The maximum atomic E-state index is 13.3. The van der Waals surface area contributed by atoms with E-state index < -0.39 is 47.4 Å². The highest BCUT2D eigenvalue weighted by Gasteiger charge is 2.56. The molecule has 4 N–H and O–H groups in total. The number of thiazole rings is 1. The average molecular weight is 610 g/mol. The Morgan fingerprint density at radius 3 is 2.54 bits per heavy atom. The molecule has 0 radical (unpaired) electrons. The molecule has 0 spiro atoms. The lowest BCUT2D eigenvalue weighted by molar-refractivity contribution is -0.150. The van der Waals surface area contributed by atoms with Crippen molar-refractivity contribution < 1.29 is 43.4 Å². The van der Waals surface area contributed by atoms with E-state index in [2.05, 4.69) is 15.5 Å². The van der Waals surface area contributed by atoms with Crippen molar-refractivity contribution >= 4 is 63.9 Å². The minimum Gasteiger partial charge on any atom is -0.477 e. The minimum absolute atomic E-state index is 0.00205. The van der Waals surface area contributed by atoms with Crippen molar-refractivity contribution in [2.24, 2.45) is 5.16 Å². The zero-order valence-corrected chi connectivity index (χ0v) is 23.8. The van der Waals surface area contributed by atoms with Gasteiger partial charge in [-0.25, -0.2) is 29.4 Å². The van der Waals surface area contributed by atoms with Crippen molar-refractivity contribution in [3.8, 4) is 0 Å². The topological polar surface area (TPSA) is 206 Å². The van der Waals surface area contributed by atoms with Gasteiger partial charge in [-0.05, 0) is 19.4 Å². The number of ether oxygens (including phenoxy) is 2. The summed E-state index contributed by atoms with van der Waals surface area (Å²) in [5.41, 5.74) is 5.40. The van der Waals surface area contributed by atoms with Gasteiger partial charge in [0, 0.05) is 11.1 Å². The summed E-state index contributed by atoms with van der Waals surface area (Å²) in [6.07, 6.45) is 1.42. The number of carbonyl (C=O) groups excluding carboxylic acids is 4. The third-order valence-electron chi connectivity index (χ3n) is 6.06. The molecule has 1 unspecified atom stereocenters. The molecule has 0 saturated carbocycles. The Kier molecular flexibility index (Phi) is 9.01. The predicted octanol–water partition coefficient (Wildman–Crippen LogP) is 0.585. The Hall–Kier alpha value is -4.32. The number of aliphatic carboxylic acids is 1. The highest BCUT2D eigenvalue weighted by Crippen LogP contribution is 2.42. The molecule has 3 aliphatic heterocycles. The molecule has 4 amide bonds. The van der Waals surface area contributed by atoms with Crippen LogP contribution in [0.5, 0.6) is 0 Å². The Morgan fingerprint density at radius 2 is 1.93 bits per heavy atom. The lowest BCUT2D eigenvalue weighted by atomic mass is 9.97. The Bertz CT molecular complexity index is 1340. The number of hydrazine groups is 1. The molecule has 16 nitrogen and oxygen atoms in total. The first-order valence-corrected chi connectivity index (χ1v) is 14.2. The number of nitrogens with two attached hydrogens (primary N) is 1. The van der Waals surface area contributed by atoms with Crippen LogP contribution in [0.15, 0.2) is 34.0 Å². The van der Waals surface area contributed by atoms with Crippen LogP contribution in [0.1, 0.15) is 19.5 Å². The van der Waals surface area contributed by atoms with Gasteiger partial charge in [0.15, 0.2) is 10.8 Å². The highest BCUT2D eigenvalue weighted by molar-refractivity contribution is 8.00. The summed E-state index contributed by atoms with van der Waals surface area (Å²) < 4.78 is 10.2. The van der Waals surface area contributed by atoms with Gasteiger partial charge in [-0.1, -0.05) is 17.3 Å². The van der Waals surface area contributed by atoms with Crippen molar-refractivity contribution in [1.29, 1.82) is 0 Å². The molecule has 4 rings (SSSR count). The number of carbonyl (C=O) groups is 5. The van der Waals surface area contributed by atoms with E-state index in [9.17, 15) is 29.1 Å². The summed E-state index contributed by atoms with van der Waals surface area (Å²) in [7, 11) is 1.24. The molecule has 18 heteroatoms. The molecule has 1 aromatic heterocycles. The molecule has 1 aromatic rings. The van der Waals surface area contributed by atoms with Gasteiger partial charge in [-0.3, -0.25) is 14.5 Å². The number of β-lactam (4-membered cyclic amide) rings is 1. The van der Waals surface area contributed by atoms with Gasteiger partial charge < -0.3 is 30.5 Å². The van der Waals surface area contributed by atoms with Gasteiger partial charge in [0.1, 0.15) is 29.9 Å². The number of carboxylic acids is 1. The summed E-state index contributed by atoms with van der Waals surface area (Å²) >= 11 is 2.26. The summed E-state index contributed by atoms with van der Waals surface area (Å²) in [6, 6.07) is -2.15. The van der Waals surface area contributed by atoms with Crippen molar-refractivity contribution in [1.82, 2.24) is 25.2 Å². The fraction of sp³-hybridized carbons (Fsp3) is 0.435. The Labute approximate surface area is 241 Å². The number of hydrogen-bond acceptors (Lipinski definition) is 13. The van der Waals surface area contributed by atoms with Crippen LogP contribution in [-0.4, -0.2) is 111 Å². The molecule has 41 heavy (non-hydrogen) atoms. The SMILES string of the molecule is CCOC(=O)N1CC=CC(C2=C(C(=O)O)N3C(=O)[C@@H](NC(=O)/C(=N\OC)c4csc(N)n4)[C@H]3SC2)N1C(=O)OCC. The van der Waals surface area contributed by atoms with E-state index in [0.29, 0.717) is 0 Å². The molecule has 1 saturated heterocycles. The number of anilines is 1. The fourth-order valence-corrected chi connectivity index (χ4v) is 6.35. The van der Waals surface area contributed by atoms with Gasteiger partial charge in [0.05, 0.1) is 25.8 Å². The number of rotatable bonds is 8. The van der Waals surface area contributed by atoms with Gasteiger partial charge in [0.25, 0.3) is 11.8 Å². The first-order chi connectivity index (χ1) is 19.6. The molecule has 0 aromatic carbocycles. The number of thioether (sulfide) groups is 1. The average Bonchev–Trinajstić information content (AvgIpc) is 3.38. The molecular weight excluding hydrogens is 582 g/mol. The van der Waals surface area contributed by atoms with Crippen LogP contribution in [-0.2, 0) is 28.7 Å². The van der Waals surface area contributed by atoms with E-state index in [1.54, 1.807) is 26.0 Å². The van der Waals surface area contributed by atoms with E-state index in [0.717, 1.165) is 26.3 Å². The molecule has 4 heterocycles. The number of nitrogen functional groups attached to an aromatic ring is 1. The second-order valence-corrected chi connectivity index (χ2v) is 10.4. The third kappa shape index (κ3) is 5.64. The number of aromatic nitrogens is 1. The third-order valence-corrected chi connectivity index (χ3v) is 8.04. The minimum atomic E-state index is -1.42. The first kappa shape index (κ1) is 29.7. The second-order valence-electron chi connectivity index (χ2n) is 8.43. The molecule has 220 valence electrons. The number of oxime groups is 1. The fourth-order valence-electron chi connectivity index (χ4n) is 4.41. The molecule has 3 atom stereocenters. The van der Waals surface area contributed by atoms with Crippen LogP contribution in [0.2, 0.25) is 0 Å². The van der Waals surface area contributed by atoms with Crippen LogP contribution >= 0.6 is 23.1 Å². The molecular formula is C23H27N7O9S2. The number of fused-ring (bicyclic) bond motifs is 1. The van der Waals surface area contributed by atoms with Crippen LogP contribution < -0.4 is 11.1 Å². The second kappa shape index (κ2) is 12.5.